The van der Waals surface area contributed by atoms with Crippen LogP contribution in [0, 0.1) is 0 Å². The standard InChI is InChI=1S/C16H17ClN2O4S/c1-23-10-9-18-16(20)14-11-12(7-8-15(14)17)19-24(21,22)13-5-3-2-4-6-13/h2-8,11,19H,9-10H2,1H3,(H,18,20). The minimum absolute atomic E-state index is 0.131. The van der Waals surface area contributed by atoms with Crippen molar-refractivity contribution in [1.82, 2.24) is 5.32 Å². The lowest BCUT2D eigenvalue weighted by molar-refractivity contribution is 0.0937. The molecular formula is C16H17ClN2O4S. The van der Waals surface area contributed by atoms with Crippen LogP contribution in [0.25, 0.3) is 0 Å². The zero-order valence-electron chi connectivity index (χ0n) is 13.0. The van der Waals surface area contributed by atoms with Gasteiger partial charge in [-0.3, -0.25) is 9.52 Å². The minimum Gasteiger partial charge on any atom is -0.383 e. The molecule has 0 saturated heterocycles. The van der Waals surface area contributed by atoms with Crippen LogP contribution in [0.5, 0.6) is 0 Å². The third-order valence-electron chi connectivity index (χ3n) is 3.11. The lowest BCUT2D eigenvalue weighted by Gasteiger charge is -2.11. The first-order valence-electron chi connectivity index (χ1n) is 7.08. The number of sulfonamides is 1. The van der Waals surface area contributed by atoms with Gasteiger partial charge in [-0.1, -0.05) is 29.8 Å². The molecule has 24 heavy (non-hydrogen) atoms. The summed E-state index contributed by atoms with van der Waals surface area (Å²) in [6.45, 7) is 0.690. The second-order valence-electron chi connectivity index (χ2n) is 4.86. The molecule has 2 aromatic carbocycles. The minimum atomic E-state index is -3.73. The molecule has 0 aliphatic heterocycles. The van der Waals surface area contributed by atoms with Gasteiger partial charge in [0.2, 0.25) is 0 Å². The van der Waals surface area contributed by atoms with Gasteiger partial charge >= 0.3 is 0 Å². The van der Waals surface area contributed by atoms with Crippen LogP contribution in [0.15, 0.2) is 53.4 Å². The SMILES string of the molecule is COCCNC(=O)c1cc(NS(=O)(=O)c2ccccc2)ccc1Cl. The number of carbonyl (C=O) groups excluding carboxylic acids is 1. The third kappa shape index (κ3) is 4.70. The van der Waals surface area contributed by atoms with Crippen molar-refractivity contribution in [2.45, 2.75) is 4.90 Å². The summed E-state index contributed by atoms with van der Waals surface area (Å²) < 4.78 is 31.9. The van der Waals surface area contributed by atoms with Crippen molar-refractivity contribution in [1.29, 1.82) is 0 Å². The van der Waals surface area contributed by atoms with E-state index in [0.29, 0.717) is 13.2 Å². The zero-order valence-corrected chi connectivity index (χ0v) is 14.5. The summed E-state index contributed by atoms with van der Waals surface area (Å²) in [6, 6.07) is 12.3. The molecule has 0 unspecified atom stereocenters. The Morgan fingerprint density at radius 3 is 2.54 bits per heavy atom. The first-order valence-corrected chi connectivity index (χ1v) is 8.95. The van der Waals surface area contributed by atoms with Gasteiger partial charge in [-0.2, -0.15) is 0 Å². The number of methoxy groups -OCH3 is 1. The average molecular weight is 369 g/mol. The number of amides is 1. The predicted octanol–water partition coefficient (Wildman–Crippen LogP) is 2.52. The molecule has 0 heterocycles. The summed E-state index contributed by atoms with van der Waals surface area (Å²) in [4.78, 5) is 12.2. The molecular weight excluding hydrogens is 352 g/mol. The molecule has 0 aliphatic carbocycles. The average Bonchev–Trinajstić information content (AvgIpc) is 2.57. The topological polar surface area (TPSA) is 84.5 Å². The highest BCUT2D eigenvalue weighted by molar-refractivity contribution is 7.92. The number of ether oxygens (including phenoxy) is 1. The maximum atomic E-state index is 12.3. The van der Waals surface area contributed by atoms with Gasteiger partial charge in [-0.05, 0) is 30.3 Å². The van der Waals surface area contributed by atoms with E-state index >= 15 is 0 Å². The van der Waals surface area contributed by atoms with E-state index in [1.165, 1.54) is 37.4 Å². The highest BCUT2D eigenvalue weighted by atomic mass is 35.5. The molecule has 2 aromatic rings. The van der Waals surface area contributed by atoms with Crippen molar-refractivity contribution in [3.63, 3.8) is 0 Å². The fourth-order valence-electron chi connectivity index (χ4n) is 1.94. The summed E-state index contributed by atoms with van der Waals surface area (Å²) in [6.07, 6.45) is 0. The van der Waals surface area contributed by atoms with Gasteiger partial charge in [0, 0.05) is 19.3 Å². The number of carbonyl (C=O) groups is 1. The number of anilines is 1. The normalized spacial score (nSPS) is 11.1. The first kappa shape index (κ1) is 18.3. The fraction of sp³-hybridized carbons (Fsp3) is 0.188. The Morgan fingerprint density at radius 1 is 1.17 bits per heavy atom. The Bertz CT molecular complexity index is 810. The molecule has 6 nitrogen and oxygen atoms in total. The van der Waals surface area contributed by atoms with E-state index in [-0.39, 0.29) is 21.2 Å². The number of halogens is 1. The van der Waals surface area contributed by atoms with Crippen molar-refractivity contribution in [3.05, 3.63) is 59.1 Å². The Kier molecular flexibility index (Phi) is 6.19. The Labute approximate surface area is 145 Å². The van der Waals surface area contributed by atoms with Crippen molar-refractivity contribution in [2.24, 2.45) is 0 Å². The number of rotatable bonds is 7. The molecule has 2 N–H and O–H groups in total. The van der Waals surface area contributed by atoms with Gasteiger partial charge in [-0.15, -0.1) is 0 Å². The third-order valence-corrected chi connectivity index (χ3v) is 4.84. The molecule has 0 aliphatic rings. The monoisotopic (exact) mass is 368 g/mol. The van der Waals surface area contributed by atoms with Crippen LogP contribution in [0.3, 0.4) is 0 Å². The van der Waals surface area contributed by atoms with Crippen LogP contribution in [-0.4, -0.2) is 34.6 Å². The molecule has 0 atom stereocenters. The van der Waals surface area contributed by atoms with Crippen LogP contribution in [0.4, 0.5) is 5.69 Å². The predicted molar refractivity (Wildman–Crippen MR) is 92.9 cm³/mol. The van der Waals surface area contributed by atoms with Crippen molar-refractivity contribution in [3.8, 4) is 0 Å². The van der Waals surface area contributed by atoms with E-state index in [1.807, 2.05) is 0 Å². The summed E-state index contributed by atoms with van der Waals surface area (Å²) in [5.41, 5.74) is 0.432. The lowest BCUT2D eigenvalue weighted by atomic mass is 10.2. The second-order valence-corrected chi connectivity index (χ2v) is 6.95. The van der Waals surface area contributed by atoms with Crippen LogP contribution < -0.4 is 10.0 Å². The quantitative estimate of drug-likeness (QED) is 0.735. The Hall–Kier alpha value is -2.09. The highest BCUT2D eigenvalue weighted by Crippen LogP contribution is 2.23. The maximum Gasteiger partial charge on any atom is 0.261 e. The van der Waals surface area contributed by atoms with Gasteiger partial charge in [-0.25, -0.2) is 8.42 Å². The Balaban J connectivity index is 2.20. The largest absolute Gasteiger partial charge is 0.383 e. The lowest BCUT2D eigenvalue weighted by Crippen LogP contribution is -2.27. The van der Waals surface area contributed by atoms with E-state index in [0.717, 1.165) is 0 Å². The molecule has 1 amide bonds. The summed E-state index contributed by atoms with van der Waals surface area (Å²) in [5.74, 6) is -0.405. The van der Waals surface area contributed by atoms with Crippen molar-refractivity contribution < 1.29 is 17.9 Å². The van der Waals surface area contributed by atoms with Crippen LogP contribution in [0.2, 0.25) is 5.02 Å². The van der Waals surface area contributed by atoms with Crippen molar-refractivity contribution >= 4 is 33.2 Å². The van der Waals surface area contributed by atoms with E-state index < -0.39 is 15.9 Å². The van der Waals surface area contributed by atoms with Crippen LogP contribution in [-0.2, 0) is 14.8 Å². The van der Waals surface area contributed by atoms with E-state index in [4.69, 9.17) is 16.3 Å². The Morgan fingerprint density at radius 2 is 1.88 bits per heavy atom. The molecule has 0 fully saturated rings. The van der Waals surface area contributed by atoms with Crippen molar-refractivity contribution in [2.75, 3.05) is 25.0 Å². The van der Waals surface area contributed by atoms with Gasteiger partial charge in [0.05, 0.1) is 22.1 Å². The molecule has 0 radical (unpaired) electrons. The summed E-state index contributed by atoms with van der Waals surface area (Å²) in [5, 5.41) is 2.87. The van der Waals surface area contributed by atoms with Crippen LogP contribution >= 0.6 is 11.6 Å². The smallest absolute Gasteiger partial charge is 0.261 e. The summed E-state index contributed by atoms with van der Waals surface area (Å²) in [7, 11) is -2.21. The van der Waals surface area contributed by atoms with Gasteiger partial charge in [0.1, 0.15) is 0 Å². The maximum absolute atomic E-state index is 12.3. The van der Waals surface area contributed by atoms with E-state index in [9.17, 15) is 13.2 Å². The van der Waals surface area contributed by atoms with E-state index in [2.05, 4.69) is 10.0 Å². The highest BCUT2D eigenvalue weighted by Gasteiger charge is 2.16. The molecule has 8 heteroatoms. The molecule has 0 saturated carbocycles. The number of benzene rings is 2. The summed E-state index contributed by atoms with van der Waals surface area (Å²) >= 11 is 6.02. The van der Waals surface area contributed by atoms with Gasteiger partial charge < -0.3 is 10.1 Å². The second kappa shape index (κ2) is 8.14. The van der Waals surface area contributed by atoms with Crippen LogP contribution in [0.1, 0.15) is 10.4 Å². The zero-order chi connectivity index (χ0) is 17.6. The number of hydrogen-bond donors (Lipinski definition) is 2. The molecule has 128 valence electrons. The molecule has 0 aromatic heterocycles. The molecule has 2 rings (SSSR count). The first-order chi connectivity index (χ1) is 11.4. The number of nitrogens with one attached hydrogen (secondary N) is 2. The van der Waals surface area contributed by atoms with E-state index in [1.54, 1.807) is 18.2 Å². The van der Waals surface area contributed by atoms with Gasteiger partial charge in [0.15, 0.2) is 0 Å². The molecule has 0 bridgehead atoms. The number of hydrogen-bond acceptors (Lipinski definition) is 4. The van der Waals surface area contributed by atoms with Gasteiger partial charge in [0.25, 0.3) is 15.9 Å². The fourth-order valence-corrected chi connectivity index (χ4v) is 3.21. The molecule has 0 spiro atoms.